The molecule has 5 nitrogen and oxygen atoms in total. The third kappa shape index (κ3) is 3.74. The van der Waals surface area contributed by atoms with Crippen LogP contribution in [0.1, 0.15) is 10.6 Å². The number of nitrogens with one attached hydrogen (secondary N) is 1. The van der Waals surface area contributed by atoms with E-state index in [4.69, 9.17) is 10.6 Å². The smallest absolute Gasteiger partial charge is 0.219 e. The number of aromatic nitrogens is 2. The van der Waals surface area contributed by atoms with Gasteiger partial charge in [0, 0.05) is 4.47 Å². The minimum absolute atomic E-state index is 0.436. The molecule has 2 aromatic rings. The van der Waals surface area contributed by atoms with Gasteiger partial charge in [0.25, 0.3) is 0 Å². The minimum atomic E-state index is 0.436. The number of rotatable bonds is 5. The summed E-state index contributed by atoms with van der Waals surface area (Å²) >= 11 is 4.79. The molecule has 0 fully saturated rings. The van der Waals surface area contributed by atoms with Crippen LogP contribution in [-0.4, -0.2) is 10.2 Å². The second-order valence-electron chi connectivity index (χ2n) is 3.27. The monoisotopic (exact) mass is 314 g/mol. The zero-order valence-corrected chi connectivity index (χ0v) is 11.3. The summed E-state index contributed by atoms with van der Waals surface area (Å²) in [7, 11) is 0. The molecule has 0 unspecified atom stereocenters. The molecule has 2 rings (SSSR count). The van der Waals surface area contributed by atoms with E-state index in [1.807, 2.05) is 24.3 Å². The molecule has 3 N–H and O–H groups in total. The number of hydrogen-bond acceptors (Lipinski definition) is 6. The summed E-state index contributed by atoms with van der Waals surface area (Å²) in [6, 6.07) is 7.99. The number of anilines is 1. The van der Waals surface area contributed by atoms with Gasteiger partial charge in [-0.05, 0) is 17.7 Å². The fourth-order valence-corrected chi connectivity index (χ4v) is 2.29. The molecule has 0 atom stereocenters. The fraction of sp³-hybridized carbons (Fsp3) is 0.200. The average Bonchev–Trinajstić information content (AvgIpc) is 2.77. The number of hydrazine groups is 1. The van der Waals surface area contributed by atoms with Crippen LogP contribution < -0.4 is 11.3 Å². The number of hydrogen-bond donors (Lipinski definition) is 2. The van der Waals surface area contributed by atoms with Crippen molar-refractivity contribution in [2.24, 2.45) is 5.84 Å². The van der Waals surface area contributed by atoms with E-state index in [1.165, 1.54) is 11.3 Å². The summed E-state index contributed by atoms with van der Waals surface area (Å²) < 4.78 is 6.58. The SMILES string of the molecule is NNc1nnc(COCc2cccc(Br)c2)s1. The molecule has 0 saturated carbocycles. The normalized spacial score (nSPS) is 10.5. The van der Waals surface area contributed by atoms with E-state index in [0.29, 0.717) is 18.3 Å². The Bertz CT molecular complexity index is 491. The van der Waals surface area contributed by atoms with Crippen molar-refractivity contribution in [2.75, 3.05) is 5.43 Å². The van der Waals surface area contributed by atoms with Crippen molar-refractivity contribution in [3.05, 3.63) is 39.3 Å². The summed E-state index contributed by atoms with van der Waals surface area (Å²) in [5, 5.41) is 9.13. The van der Waals surface area contributed by atoms with E-state index in [-0.39, 0.29) is 0 Å². The lowest BCUT2D eigenvalue weighted by Gasteiger charge is -2.02. The van der Waals surface area contributed by atoms with Gasteiger partial charge in [0.05, 0.1) is 6.61 Å². The molecule has 0 aliphatic rings. The van der Waals surface area contributed by atoms with Crippen molar-refractivity contribution in [2.45, 2.75) is 13.2 Å². The first-order chi connectivity index (χ1) is 8.28. The Balaban J connectivity index is 1.83. The van der Waals surface area contributed by atoms with Crippen molar-refractivity contribution in [1.82, 2.24) is 10.2 Å². The van der Waals surface area contributed by atoms with Gasteiger partial charge in [-0.3, -0.25) is 5.43 Å². The van der Waals surface area contributed by atoms with Gasteiger partial charge in [-0.25, -0.2) is 5.84 Å². The highest BCUT2D eigenvalue weighted by molar-refractivity contribution is 9.10. The third-order valence-electron chi connectivity index (χ3n) is 1.97. The van der Waals surface area contributed by atoms with Crippen LogP contribution in [0.4, 0.5) is 5.13 Å². The lowest BCUT2D eigenvalue weighted by atomic mass is 10.2. The summed E-state index contributed by atoms with van der Waals surface area (Å²) in [6.07, 6.45) is 0. The second kappa shape index (κ2) is 6.06. The molecule has 1 aromatic carbocycles. The molecule has 0 bridgehead atoms. The Morgan fingerprint density at radius 2 is 2.24 bits per heavy atom. The molecule has 7 heteroatoms. The first-order valence-electron chi connectivity index (χ1n) is 4.89. The molecule has 0 aliphatic carbocycles. The van der Waals surface area contributed by atoms with Crippen molar-refractivity contribution < 1.29 is 4.74 Å². The maximum atomic E-state index is 5.54. The van der Waals surface area contributed by atoms with E-state index in [0.717, 1.165) is 15.0 Å². The molecule has 17 heavy (non-hydrogen) atoms. The number of nitrogen functional groups attached to an aromatic ring is 1. The topological polar surface area (TPSA) is 73.1 Å². The van der Waals surface area contributed by atoms with Crippen LogP contribution in [0.5, 0.6) is 0 Å². The average molecular weight is 315 g/mol. The van der Waals surface area contributed by atoms with Gasteiger partial charge < -0.3 is 4.74 Å². The quantitative estimate of drug-likeness (QED) is 0.654. The second-order valence-corrected chi connectivity index (χ2v) is 5.25. The summed E-state index contributed by atoms with van der Waals surface area (Å²) in [5.41, 5.74) is 3.56. The van der Waals surface area contributed by atoms with Crippen LogP contribution in [0.15, 0.2) is 28.7 Å². The van der Waals surface area contributed by atoms with Gasteiger partial charge in [0.2, 0.25) is 5.13 Å². The van der Waals surface area contributed by atoms with Gasteiger partial charge in [0.15, 0.2) is 0 Å². The summed E-state index contributed by atoms with van der Waals surface area (Å²) in [4.78, 5) is 0. The fourth-order valence-electron chi connectivity index (χ4n) is 1.25. The highest BCUT2D eigenvalue weighted by Gasteiger charge is 2.02. The van der Waals surface area contributed by atoms with Crippen LogP contribution >= 0.6 is 27.3 Å². The minimum Gasteiger partial charge on any atom is -0.370 e. The maximum Gasteiger partial charge on any atom is 0.219 e. The van der Waals surface area contributed by atoms with E-state index in [9.17, 15) is 0 Å². The molecule has 0 radical (unpaired) electrons. The Kier molecular flexibility index (Phi) is 4.43. The number of ether oxygens (including phenoxy) is 1. The van der Waals surface area contributed by atoms with E-state index in [1.54, 1.807) is 0 Å². The number of halogens is 1. The summed E-state index contributed by atoms with van der Waals surface area (Å²) in [6.45, 7) is 0.982. The largest absolute Gasteiger partial charge is 0.370 e. The summed E-state index contributed by atoms with van der Waals surface area (Å²) in [5.74, 6) is 5.21. The van der Waals surface area contributed by atoms with Gasteiger partial charge in [-0.15, -0.1) is 10.2 Å². The first kappa shape index (κ1) is 12.4. The van der Waals surface area contributed by atoms with Gasteiger partial charge in [0.1, 0.15) is 11.6 Å². The molecule has 1 aromatic heterocycles. The zero-order valence-electron chi connectivity index (χ0n) is 8.89. The molecule has 0 saturated heterocycles. The van der Waals surface area contributed by atoms with E-state index < -0.39 is 0 Å². The lowest BCUT2D eigenvalue weighted by molar-refractivity contribution is 0.106. The van der Waals surface area contributed by atoms with E-state index >= 15 is 0 Å². The molecule has 90 valence electrons. The number of benzene rings is 1. The maximum absolute atomic E-state index is 5.54. The first-order valence-corrected chi connectivity index (χ1v) is 6.50. The van der Waals surface area contributed by atoms with Crippen molar-refractivity contribution >= 4 is 32.4 Å². The predicted octanol–water partition coefficient (Wildman–Crippen LogP) is 2.30. The molecule has 0 aliphatic heterocycles. The molecule has 0 spiro atoms. The predicted molar refractivity (Wildman–Crippen MR) is 70.4 cm³/mol. The van der Waals surface area contributed by atoms with E-state index in [2.05, 4.69) is 31.6 Å². The lowest BCUT2D eigenvalue weighted by Crippen LogP contribution is -2.05. The van der Waals surface area contributed by atoms with Crippen LogP contribution in [0, 0.1) is 0 Å². The van der Waals surface area contributed by atoms with Crippen molar-refractivity contribution in [3.63, 3.8) is 0 Å². The third-order valence-corrected chi connectivity index (χ3v) is 3.29. The molecule has 0 amide bonds. The van der Waals surface area contributed by atoms with Crippen molar-refractivity contribution in [1.29, 1.82) is 0 Å². The number of nitrogens with zero attached hydrogens (tertiary/aromatic N) is 2. The Labute approximate surface area is 111 Å². The van der Waals surface area contributed by atoms with Crippen LogP contribution in [0.2, 0.25) is 0 Å². The highest BCUT2D eigenvalue weighted by Crippen LogP contribution is 2.16. The van der Waals surface area contributed by atoms with Gasteiger partial charge in [-0.1, -0.05) is 39.4 Å². The van der Waals surface area contributed by atoms with Crippen LogP contribution in [-0.2, 0) is 18.0 Å². The molecular weight excluding hydrogens is 304 g/mol. The molecular formula is C10H11BrN4OS. The zero-order chi connectivity index (χ0) is 12.1. The van der Waals surface area contributed by atoms with Crippen LogP contribution in [0.3, 0.4) is 0 Å². The Hall–Kier alpha value is -1.02. The Morgan fingerprint density at radius 3 is 2.94 bits per heavy atom. The van der Waals surface area contributed by atoms with Crippen molar-refractivity contribution in [3.8, 4) is 0 Å². The highest BCUT2D eigenvalue weighted by atomic mass is 79.9. The number of nitrogens with two attached hydrogens (primary N) is 1. The van der Waals surface area contributed by atoms with Gasteiger partial charge in [-0.2, -0.15) is 0 Å². The standard InChI is InChI=1S/C10H11BrN4OS/c11-8-3-1-2-7(4-8)5-16-6-9-14-15-10(13-12)17-9/h1-4H,5-6,12H2,(H,13,15). The van der Waals surface area contributed by atoms with Crippen LogP contribution in [0.25, 0.3) is 0 Å². The Morgan fingerprint density at radius 1 is 1.35 bits per heavy atom. The molecule has 1 heterocycles. The van der Waals surface area contributed by atoms with Gasteiger partial charge >= 0.3 is 0 Å².